The number of hydrogen-bond acceptors (Lipinski definition) is 3. The van der Waals surface area contributed by atoms with E-state index in [1.807, 2.05) is 0 Å². The molecule has 2 aromatic rings. The van der Waals surface area contributed by atoms with Crippen LogP contribution in [0.25, 0.3) is 10.1 Å². The second kappa shape index (κ2) is 6.90. The average Bonchev–Trinajstić information content (AvgIpc) is 2.75. The zero-order valence-corrected chi connectivity index (χ0v) is 12.9. The highest BCUT2D eigenvalue weighted by Gasteiger charge is 2.13. The Morgan fingerprint density at radius 1 is 1.35 bits per heavy atom. The van der Waals surface area contributed by atoms with Crippen LogP contribution in [0.15, 0.2) is 23.0 Å². The monoisotopic (exact) mass is 312 g/mol. The van der Waals surface area contributed by atoms with E-state index in [1.54, 1.807) is 18.2 Å². The van der Waals surface area contributed by atoms with Crippen LogP contribution in [-0.4, -0.2) is 16.5 Å². The van der Waals surface area contributed by atoms with Crippen LogP contribution in [0.3, 0.4) is 0 Å². The number of benzene rings is 1. The topological polar surface area (TPSA) is 51.1 Å². The molecule has 108 valence electrons. The van der Waals surface area contributed by atoms with Gasteiger partial charge >= 0.3 is 6.03 Å². The van der Waals surface area contributed by atoms with Crippen LogP contribution in [0.2, 0.25) is 5.02 Å². The van der Waals surface area contributed by atoms with Crippen LogP contribution >= 0.6 is 23.1 Å². The smallest absolute Gasteiger partial charge is 0.337 e. The lowest BCUT2D eigenvalue weighted by atomic mass is 10.2. The Morgan fingerprint density at radius 2 is 2.15 bits per heavy atom. The Morgan fingerprint density at radius 3 is 2.90 bits per heavy atom. The number of nitrogens with zero attached hydrogens (tertiary/aromatic N) is 1. The van der Waals surface area contributed by atoms with Gasteiger partial charge in [0.05, 0.1) is 10.1 Å². The number of amides is 1. The SMILES string of the molecule is CCCCCCNC(=O)n1sc2cc(Cl)ccc2c1=O. The summed E-state index contributed by atoms with van der Waals surface area (Å²) in [5.74, 6) is 0. The van der Waals surface area contributed by atoms with E-state index in [9.17, 15) is 9.59 Å². The summed E-state index contributed by atoms with van der Waals surface area (Å²) < 4.78 is 1.88. The molecule has 1 aromatic heterocycles. The molecule has 0 spiro atoms. The van der Waals surface area contributed by atoms with Crippen LogP contribution in [0.5, 0.6) is 0 Å². The second-order valence-electron chi connectivity index (χ2n) is 4.62. The molecule has 1 amide bonds. The van der Waals surface area contributed by atoms with E-state index in [2.05, 4.69) is 12.2 Å². The highest BCUT2D eigenvalue weighted by molar-refractivity contribution is 7.14. The van der Waals surface area contributed by atoms with Gasteiger partial charge in [0, 0.05) is 11.6 Å². The van der Waals surface area contributed by atoms with E-state index in [1.165, 1.54) is 0 Å². The van der Waals surface area contributed by atoms with Gasteiger partial charge in [-0.05, 0) is 36.2 Å². The standard InChI is InChI=1S/C14H17ClN2O2S/c1-2-3-4-5-8-16-14(19)17-13(18)11-7-6-10(15)9-12(11)20-17/h6-7,9H,2-5,8H2,1H3,(H,16,19). The molecule has 4 nitrogen and oxygen atoms in total. The van der Waals surface area contributed by atoms with E-state index in [0.29, 0.717) is 17.0 Å². The Labute approximate surface area is 126 Å². The molecule has 0 aliphatic heterocycles. The first-order valence-corrected chi connectivity index (χ1v) is 7.88. The zero-order valence-electron chi connectivity index (χ0n) is 11.3. The van der Waals surface area contributed by atoms with Crippen molar-refractivity contribution >= 4 is 39.3 Å². The molecule has 0 atom stereocenters. The number of fused-ring (bicyclic) bond motifs is 1. The molecule has 1 heterocycles. The van der Waals surface area contributed by atoms with Crippen LogP contribution in [0, 0.1) is 0 Å². The molecule has 20 heavy (non-hydrogen) atoms. The first-order chi connectivity index (χ1) is 9.63. The van der Waals surface area contributed by atoms with Gasteiger partial charge in [0.25, 0.3) is 5.56 Å². The second-order valence-corrected chi connectivity index (χ2v) is 6.05. The number of aromatic nitrogens is 1. The van der Waals surface area contributed by atoms with Crippen LogP contribution in [0.1, 0.15) is 32.6 Å². The number of carbonyl (C=O) groups excluding carboxylic acids is 1. The van der Waals surface area contributed by atoms with Crippen molar-refractivity contribution in [1.82, 2.24) is 9.27 Å². The normalized spacial score (nSPS) is 10.9. The number of rotatable bonds is 5. The van der Waals surface area contributed by atoms with Crippen molar-refractivity contribution in [3.05, 3.63) is 33.6 Å². The zero-order chi connectivity index (χ0) is 14.5. The van der Waals surface area contributed by atoms with Gasteiger partial charge in [-0.1, -0.05) is 37.8 Å². The minimum absolute atomic E-state index is 0.285. The number of halogens is 1. The maximum atomic E-state index is 12.1. The lowest BCUT2D eigenvalue weighted by Gasteiger charge is -2.03. The van der Waals surface area contributed by atoms with Crippen molar-refractivity contribution in [1.29, 1.82) is 0 Å². The summed E-state index contributed by atoms with van der Waals surface area (Å²) in [6, 6.07) is 4.66. The van der Waals surface area contributed by atoms with Crippen LogP contribution in [-0.2, 0) is 0 Å². The summed E-state index contributed by atoms with van der Waals surface area (Å²) in [6.45, 7) is 2.74. The largest absolute Gasteiger partial charge is 0.338 e. The van der Waals surface area contributed by atoms with E-state index < -0.39 is 0 Å². The van der Waals surface area contributed by atoms with Gasteiger partial charge in [0.1, 0.15) is 0 Å². The van der Waals surface area contributed by atoms with Crippen molar-refractivity contribution in [2.75, 3.05) is 6.54 Å². The van der Waals surface area contributed by atoms with Crippen molar-refractivity contribution in [3.63, 3.8) is 0 Å². The molecule has 0 unspecified atom stereocenters. The molecule has 0 radical (unpaired) electrons. The van der Waals surface area contributed by atoms with Crippen LogP contribution in [0.4, 0.5) is 4.79 Å². The minimum atomic E-state index is -0.358. The molecule has 0 bridgehead atoms. The molecule has 2 rings (SSSR count). The van der Waals surface area contributed by atoms with E-state index in [-0.39, 0.29) is 11.6 Å². The fourth-order valence-electron chi connectivity index (χ4n) is 1.95. The summed E-state index contributed by atoms with van der Waals surface area (Å²) in [5.41, 5.74) is -0.285. The quantitative estimate of drug-likeness (QED) is 0.852. The third kappa shape index (κ3) is 3.41. The molecule has 0 saturated heterocycles. The molecule has 0 fully saturated rings. The highest BCUT2D eigenvalue weighted by atomic mass is 35.5. The van der Waals surface area contributed by atoms with Crippen molar-refractivity contribution in [2.45, 2.75) is 32.6 Å². The number of nitrogens with one attached hydrogen (secondary N) is 1. The molecular weight excluding hydrogens is 296 g/mol. The molecule has 1 aromatic carbocycles. The summed E-state index contributed by atoms with van der Waals surface area (Å²) in [6.07, 6.45) is 4.35. The summed E-state index contributed by atoms with van der Waals surface area (Å²) >= 11 is 7.01. The molecule has 0 aliphatic rings. The first-order valence-electron chi connectivity index (χ1n) is 6.73. The van der Waals surface area contributed by atoms with Crippen molar-refractivity contribution in [3.8, 4) is 0 Å². The summed E-state index contributed by atoms with van der Waals surface area (Å²) in [5, 5.41) is 3.86. The van der Waals surface area contributed by atoms with Gasteiger partial charge in [-0.25, -0.2) is 4.79 Å². The molecule has 6 heteroatoms. The Bertz CT molecular complexity index is 663. The van der Waals surface area contributed by atoms with E-state index >= 15 is 0 Å². The highest BCUT2D eigenvalue weighted by Crippen LogP contribution is 2.20. The Kier molecular flexibility index (Phi) is 5.20. The van der Waals surface area contributed by atoms with Gasteiger partial charge in [0.2, 0.25) is 0 Å². The lowest BCUT2D eigenvalue weighted by Crippen LogP contribution is -2.33. The molecular formula is C14H17ClN2O2S. The third-order valence-corrected chi connectivity index (χ3v) is 4.32. The minimum Gasteiger partial charge on any atom is -0.337 e. The van der Waals surface area contributed by atoms with Gasteiger partial charge in [0.15, 0.2) is 0 Å². The van der Waals surface area contributed by atoms with Gasteiger partial charge in [-0.3, -0.25) is 4.79 Å². The molecule has 0 saturated carbocycles. The van der Waals surface area contributed by atoms with Gasteiger partial charge < -0.3 is 5.32 Å². The predicted molar refractivity (Wildman–Crippen MR) is 84.0 cm³/mol. The number of hydrogen-bond donors (Lipinski definition) is 1. The van der Waals surface area contributed by atoms with Gasteiger partial charge in [-0.2, -0.15) is 3.96 Å². The maximum Gasteiger partial charge on any atom is 0.338 e. The van der Waals surface area contributed by atoms with Crippen molar-refractivity contribution in [2.24, 2.45) is 0 Å². The van der Waals surface area contributed by atoms with Crippen LogP contribution < -0.4 is 10.9 Å². The van der Waals surface area contributed by atoms with Gasteiger partial charge in [-0.15, -0.1) is 0 Å². The van der Waals surface area contributed by atoms with E-state index in [0.717, 1.165) is 45.9 Å². The fraction of sp³-hybridized carbons (Fsp3) is 0.429. The Balaban J connectivity index is 2.07. The number of unbranched alkanes of at least 4 members (excludes halogenated alkanes) is 3. The summed E-state index contributed by atoms with van der Waals surface area (Å²) in [7, 11) is 0. The predicted octanol–water partition coefficient (Wildman–Crippen LogP) is 3.85. The van der Waals surface area contributed by atoms with E-state index in [4.69, 9.17) is 11.6 Å². The molecule has 0 aliphatic carbocycles. The Hall–Kier alpha value is -1.33. The fourth-order valence-corrected chi connectivity index (χ4v) is 3.15. The summed E-state index contributed by atoms with van der Waals surface area (Å²) in [4.78, 5) is 24.1. The third-order valence-electron chi connectivity index (χ3n) is 3.04. The maximum absolute atomic E-state index is 12.1. The number of carbonyl (C=O) groups is 1. The average molecular weight is 313 g/mol. The first kappa shape index (κ1) is 15.1. The van der Waals surface area contributed by atoms with Crippen molar-refractivity contribution < 1.29 is 4.79 Å². The lowest BCUT2D eigenvalue weighted by molar-refractivity contribution is 0.243. The molecule has 1 N–H and O–H groups in total.